The van der Waals surface area contributed by atoms with Gasteiger partial charge in [0.25, 0.3) is 10.2 Å². The number of hydrogen-bond donors (Lipinski definition) is 2. The van der Waals surface area contributed by atoms with Crippen LogP contribution in [-0.2, 0) is 10.2 Å². The minimum Gasteiger partial charge on any atom is -0.323 e. The third kappa shape index (κ3) is 4.75. The van der Waals surface area contributed by atoms with E-state index in [4.69, 9.17) is 0 Å². The lowest BCUT2D eigenvalue weighted by molar-refractivity contribution is 0.219. The number of nitrogens with zero attached hydrogens (tertiary/aromatic N) is 2. The topological polar surface area (TPSA) is 81.8 Å². The van der Waals surface area contributed by atoms with Crippen molar-refractivity contribution in [3.8, 4) is 0 Å². The molecule has 146 valence electrons. The van der Waals surface area contributed by atoms with Gasteiger partial charge in [-0.2, -0.15) is 17.4 Å². The fourth-order valence-electron chi connectivity index (χ4n) is 3.16. The number of urea groups is 1. The van der Waals surface area contributed by atoms with Crippen molar-refractivity contribution >= 4 is 21.9 Å². The number of carbonyl (C=O) groups excluding carboxylic acids is 1. The van der Waals surface area contributed by atoms with Crippen molar-refractivity contribution in [2.24, 2.45) is 11.8 Å². The molecule has 1 fully saturated rings. The van der Waals surface area contributed by atoms with Gasteiger partial charge in [-0.15, -0.1) is 0 Å². The van der Waals surface area contributed by atoms with Crippen LogP contribution in [0.15, 0.2) is 18.2 Å². The van der Waals surface area contributed by atoms with E-state index in [1.807, 2.05) is 45.9 Å². The monoisotopic (exact) mass is 382 g/mol. The Balaban J connectivity index is 2.13. The Labute approximate surface area is 156 Å². The van der Waals surface area contributed by atoms with Gasteiger partial charge >= 0.3 is 6.03 Å². The summed E-state index contributed by atoms with van der Waals surface area (Å²) in [5.74, 6) is 0.317. The van der Waals surface area contributed by atoms with Gasteiger partial charge in [0.15, 0.2) is 0 Å². The normalized spacial score (nSPS) is 20.8. The van der Waals surface area contributed by atoms with Gasteiger partial charge in [-0.1, -0.05) is 26.0 Å². The number of amides is 2. The Bertz CT molecular complexity index is 762. The van der Waals surface area contributed by atoms with Crippen molar-refractivity contribution in [3.05, 3.63) is 29.3 Å². The largest absolute Gasteiger partial charge is 0.323 e. The molecule has 0 aliphatic carbocycles. The Morgan fingerprint density at radius 2 is 1.88 bits per heavy atom. The Kier molecular flexibility index (Phi) is 6.31. The lowest BCUT2D eigenvalue weighted by Gasteiger charge is -2.24. The molecule has 1 aliphatic heterocycles. The minimum atomic E-state index is -3.54. The second kappa shape index (κ2) is 7.94. The second-order valence-corrected chi connectivity index (χ2v) is 9.49. The average Bonchev–Trinajstić information content (AvgIpc) is 2.94. The molecular formula is C18H30N4O3S. The molecule has 7 nitrogen and oxygen atoms in total. The van der Waals surface area contributed by atoms with Crippen LogP contribution in [0.5, 0.6) is 0 Å². The SMILES string of the molecule is Cc1ccc(C)c(NC(=O)N2C[C@@H](NS(=O)(=O)N(C)C)[C@H](C(C)C)C2)c1. The first-order valence-electron chi connectivity index (χ1n) is 8.84. The number of rotatable bonds is 5. The van der Waals surface area contributed by atoms with E-state index in [1.54, 1.807) is 4.90 Å². The van der Waals surface area contributed by atoms with E-state index in [2.05, 4.69) is 10.0 Å². The molecule has 0 unspecified atom stereocenters. The number of anilines is 1. The van der Waals surface area contributed by atoms with Gasteiger partial charge < -0.3 is 10.2 Å². The summed E-state index contributed by atoms with van der Waals surface area (Å²) in [6.45, 7) is 8.90. The number of benzene rings is 1. The molecular weight excluding hydrogens is 352 g/mol. The zero-order valence-electron chi connectivity index (χ0n) is 16.4. The summed E-state index contributed by atoms with van der Waals surface area (Å²) in [4.78, 5) is 14.4. The van der Waals surface area contributed by atoms with Crippen LogP contribution < -0.4 is 10.0 Å². The quantitative estimate of drug-likeness (QED) is 0.819. The summed E-state index contributed by atoms with van der Waals surface area (Å²) in [7, 11) is -0.558. The van der Waals surface area contributed by atoms with Gasteiger partial charge in [0.2, 0.25) is 0 Å². The van der Waals surface area contributed by atoms with Crippen LogP contribution in [-0.4, -0.2) is 56.9 Å². The molecule has 8 heteroatoms. The maximum absolute atomic E-state index is 12.7. The Morgan fingerprint density at radius 3 is 2.46 bits per heavy atom. The standard InChI is InChI=1S/C18H30N4O3S/c1-12(2)15-10-22(11-17(15)20-26(24,25)21(5)6)18(23)19-16-9-13(3)7-8-14(16)4/h7-9,12,15,17,20H,10-11H2,1-6H3,(H,19,23)/t15-,17+/m0/s1. The number of aryl methyl sites for hydroxylation is 2. The zero-order valence-corrected chi connectivity index (χ0v) is 17.2. The molecule has 0 spiro atoms. The molecule has 0 saturated carbocycles. The van der Waals surface area contributed by atoms with Gasteiger partial charge in [-0.25, -0.2) is 4.79 Å². The van der Waals surface area contributed by atoms with Gasteiger partial charge in [0.05, 0.1) is 0 Å². The molecule has 2 atom stereocenters. The van der Waals surface area contributed by atoms with Crippen LogP contribution in [0, 0.1) is 25.7 Å². The molecule has 1 aromatic carbocycles. The summed E-state index contributed by atoms with van der Waals surface area (Å²) in [5.41, 5.74) is 2.85. The van der Waals surface area contributed by atoms with Crippen LogP contribution in [0.2, 0.25) is 0 Å². The van der Waals surface area contributed by atoms with Crippen molar-refractivity contribution in [1.29, 1.82) is 0 Å². The predicted octanol–water partition coefficient (Wildman–Crippen LogP) is 2.19. The molecule has 2 rings (SSSR count). The number of nitrogens with one attached hydrogen (secondary N) is 2. The molecule has 0 bridgehead atoms. The fraction of sp³-hybridized carbons (Fsp3) is 0.611. The van der Waals surface area contributed by atoms with E-state index in [1.165, 1.54) is 14.1 Å². The van der Waals surface area contributed by atoms with E-state index < -0.39 is 10.2 Å². The van der Waals surface area contributed by atoms with E-state index in [-0.39, 0.29) is 23.9 Å². The van der Waals surface area contributed by atoms with Crippen molar-refractivity contribution in [3.63, 3.8) is 0 Å². The molecule has 2 N–H and O–H groups in total. The van der Waals surface area contributed by atoms with E-state index >= 15 is 0 Å². The number of likely N-dealkylation sites (tertiary alicyclic amines) is 1. The van der Waals surface area contributed by atoms with Crippen LogP contribution in [0.1, 0.15) is 25.0 Å². The maximum atomic E-state index is 12.7. The van der Waals surface area contributed by atoms with Crippen LogP contribution >= 0.6 is 0 Å². The third-order valence-electron chi connectivity index (χ3n) is 4.92. The van der Waals surface area contributed by atoms with Crippen LogP contribution in [0.3, 0.4) is 0 Å². The molecule has 2 amide bonds. The first-order chi connectivity index (χ1) is 12.0. The summed E-state index contributed by atoms with van der Waals surface area (Å²) < 4.78 is 28.3. The Morgan fingerprint density at radius 1 is 1.23 bits per heavy atom. The molecule has 0 aromatic heterocycles. The van der Waals surface area contributed by atoms with Gasteiger partial charge in [-0.05, 0) is 42.9 Å². The third-order valence-corrected chi connectivity index (χ3v) is 6.49. The summed E-state index contributed by atoms with van der Waals surface area (Å²) in [6.07, 6.45) is 0. The molecule has 1 heterocycles. The highest BCUT2D eigenvalue weighted by Crippen LogP contribution is 2.26. The van der Waals surface area contributed by atoms with Crippen molar-refractivity contribution < 1.29 is 13.2 Å². The summed E-state index contributed by atoms with van der Waals surface area (Å²) >= 11 is 0. The first kappa shape index (κ1) is 20.7. The Hall–Kier alpha value is -1.64. The predicted molar refractivity (Wildman–Crippen MR) is 104 cm³/mol. The molecule has 1 aliphatic rings. The first-order valence-corrected chi connectivity index (χ1v) is 10.3. The molecule has 26 heavy (non-hydrogen) atoms. The number of carbonyl (C=O) groups is 1. The van der Waals surface area contributed by atoms with E-state index in [0.717, 1.165) is 21.1 Å². The smallest absolute Gasteiger partial charge is 0.321 e. The van der Waals surface area contributed by atoms with Crippen molar-refractivity contribution in [2.75, 3.05) is 32.5 Å². The van der Waals surface area contributed by atoms with E-state index in [9.17, 15) is 13.2 Å². The lowest BCUT2D eigenvalue weighted by Crippen LogP contribution is -2.47. The summed E-state index contributed by atoms with van der Waals surface area (Å²) in [6, 6.07) is 5.42. The van der Waals surface area contributed by atoms with Crippen LogP contribution in [0.4, 0.5) is 10.5 Å². The fourth-order valence-corrected chi connectivity index (χ4v) is 4.00. The summed E-state index contributed by atoms with van der Waals surface area (Å²) in [5, 5.41) is 2.96. The molecule has 0 radical (unpaired) electrons. The van der Waals surface area contributed by atoms with Crippen molar-refractivity contribution in [1.82, 2.24) is 13.9 Å². The molecule has 1 saturated heterocycles. The average molecular weight is 383 g/mol. The highest BCUT2D eigenvalue weighted by atomic mass is 32.2. The van der Waals surface area contributed by atoms with Crippen LogP contribution in [0.25, 0.3) is 0 Å². The molecule has 1 aromatic rings. The minimum absolute atomic E-state index is 0.0640. The van der Waals surface area contributed by atoms with Gasteiger partial charge in [0.1, 0.15) is 0 Å². The maximum Gasteiger partial charge on any atom is 0.321 e. The lowest BCUT2D eigenvalue weighted by atomic mass is 9.92. The zero-order chi connectivity index (χ0) is 19.6. The van der Waals surface area contributed by atoms with Gasteiger partial charge in [0, 0.05) is 38.9 Å². The van der Waals surface area contributed by atoms with E-state index in [0.29, 0.717) is 13.1 Å². The highest BCUT2D eigenvalue weighted by molar-refractivity contribution is 7.87. The number of hydrogen-bond acceptors (Lipinski definition) is 3. The van der Waals surface area contributed by atoms with Crippen molar-refractivity contribution in [2.45, 2.75) is 33.7 Å². The second-order valence-electron chi connectivity index (χ2n) is 7.57. The van der Waals surface area contributed by atoms with Gasteiger partial charge in [-0.3, -0.25) is 0 Å². The highest BCUT2D eigenvalue weighted by Gasteiger charge is 2.39.